The average Bonchev–Trinajstić information content (AvgIpc) is 3.33. The van der Waals surface area contributed by atoms with Crippen LogP contribution in [0.2, 0.25) is 0 Å². The maximum Gasteiger partial charge on any atom is 0.330 e. The Morgan fingerprint density at radius 3 is 2.34 bits per heavy atom. The quantitative estimate of drug-likeness (QED) is 0.572. The van der Waals surface area contributed by atoms with E-state index in [0.717, 1.165) is 16.7 Å². The van der Waals surface area contributed by atoms with Gasteiger partial charge in [-0.15, -0.1) is 5.10 Å². The Hall–Kier alpha value is -3.49. The zero-order valence-electron chi connectivity index (χ0n) is 17.0. The highest BCUT2D eigenvalue weighted by Gasteiger charge is 2.33. The lowest BCUT2D eigenvalue weighted by Gasteiger charge is -2.27. The second-order valence-electron chi connectivity index (χ2n) is 7.18. The molecule has 0 saturated carbocycles. The number of likely N-dealkylation sites (N-methyl/N-ethyl adjacent to an activating group) is 1. The molecule has 29 heavy (non-hydrogen) atoms. The highest BCUT2D eigenvalue weighted by atomic mass is 16.2. The summed E-state index contributed by atoms with van der Waals surface area (Å²) < 4.78 is 1.44. The van der Waals surface area contributed by atoms with Gasteiger partial charge in [-0.05, 0) is 32.4 Å². The molecule has 152 valence electrons. The molecular weight excluding hydrogens is 372 g/mol. The van der Waals surface area contributed by atoms with Gasteiger partial charge in [0.05, 0.1) is 0 Å². The first kappa shape index (κ1) is 20.2. The fourth-order valence-corrected chi connectivity index (χ4v) is 3.16. The van der Waals surface area contributed by atoms with Crippen molar-refractivity contribution in [2.75, 3.05) is 27.2 Å². The molecule has 2 heterocycles. The molecule has 1 aromatic carbocycles. The second kappa shape index (κ2) is 8.26. The van der Waals surface area contributed by atoms with Crippen molar-refractivity contribution in [3.05, 3.63) is 41.7 Å². The third kappa shape index (κ3) is 4.50. The predicted molar refractivity (Wildman–Crippen MR) is 107 cm³/mol. The number of hydrogen-bond donors (Lipinski definition) is 0. The number of aryl methyl sites for hydroxylation is 2. The molecule has 9 heteroatoms. The lowest BCUT2D eigenvalue weighted by Crippen LogP contribution is -2.49. The van der Waals surface area contributed by atoms with Crippen molar-refractivity contribution in [3.8, 4) is 11.4 Å². The van der Waals surface area contributed by atoms with E-state index in [1.54, 1.807) is 0 Å². The number of benzene rings is 1. The van der Waals surface area contributed by atoms with Crippen molar-refractivity contribution in [1.82, 2.24) is 29.7 Å². The van der Waals surface area contributed by atoms with E-state index in [1.165, 1.54) is 52.3 Å². The Morgan fingerprint density at radius 2 is 1.69 bits per heavy atom. The van der Waals surface area contributed by atoms with E-state index in [9.17, 15) is 14.4 Å². The Bertz CT molecular complexity index is 958. The minimum absolute atomic E-state index is 0.332. The third-order valence-corrected chi connectivity index (χ3v) is 4.47. The number of hydrazine groups is 1. The SMILES string of the molecule is Cc1cc(C)cc(-c2ncn(/C=C\C(=O)N3CCCN3C(=O)C(=O)N(C)C)n2)c1. The van der Waals surface area contributed by atoms with Gasteiger partial charge in [0.2, 0.25) is 0 Å². The lowest BCUT2D eigenvalue weighted by atomic mass is 10.1. The van der Waals surface area contributed by atoms with Crippen LogP contribution in [0, 0.1) is 13.8 Å². The summed E-state index contributed by atoms with van der Waals surface area (Å²) in [4.78, 5) is 42.2. The van der Waals surface area contributed by atoms with Crippen molar-refractivity contribution in [3.63, 3.8) is 0 Å². The van der Waals surface area contributed by atoms with Crippen LogP contribution in [0.4, 0.5) is 0 Å². The average molecular weight is 396 g/mol. The maximum absolute atomic E-state index is 12.6. The fraction of sp³-hybridized carbons (Fsp3) is 0.350. The van der Waals surface area contributed by atoms with E-state index in [0.29, 0.717) is 25.3 Å². The summed E-state index contributed by atoms with van der Waals surface area (Å²) >= 11 is 0. The first-order chi connectivity index (χ1) is 13.8. The standard InChI is InChI=1S/C20H24N6O3/c1-14-10-15(2)12-16(11-14)18-21-13-24(22-18)9-6-17(27)25-7-5-8-26(25)20(29)19(28)23(3)4/h6,9-13H,5,7-8H2,1-4H3/b9-6-. The van der Waals surface area contributed by atoms with Crippen molar-refractivity contribution in [1.29, 1.82) is 0 Å². The van der Waals surface area contributed by atoms with Gasteiger partial charge in [-0.25, -0.2) is 19.7 Å². The van der Waals surface area contributed by atoms with Crippen LogP contribution in [0.15, 0.2) is 30.6 Å². The molecule has 1 aliphatic rings. The molecule has 2 aromatic rings. The van der Waals surface area contributed by atoms with Gasteiger partial charge >= 0.3 is 11.8 Å². The molecule has 3 rings (SSSR count). The summed E-state index contributed by atoms with van der Waals surface area (Å²) in [6, 6.07) is 6.07. The van der Waals surface area contributed by atoms with E-state index >= 15 is 0 Å². The molecular formula is C20H24N6O3. The van der Waals surface area contributed by atoms with E-state index in [1.807, 2.05) is 26.0 Å². The highest BCUT2D eigenvalue weighted by molar-refractivity contribution is 6.34. The van der Waals surface area contributed by atoms with Crippen LogP contribution in [-0.4, -0.2) is 74.6 Å². The summed E-state index contributed by atoms with van der Waals surface area (Å²) in [6.07, 6.45) is 4.92. The molecule has 9 nitrogen and oxygen atoms in total. The second-order valence-corrected chi connectivity index (χ2v) is 7.18. The predicted octanol–water partition coefficient (Wildman–Crippen LogP) is 1.10. The van der Waals surface area contributed by atoms with Crippen LogP contribution in [0.5, 0.6) is 0 Å². The number of rotatable bonds is 3. The number of carbonyl (C=O) groups excluding carboxylic acids is 3. The molecule has 0 radical (unpaired) electrons. The van der Waals surface area contributed by atoms with Crippen LogP contribution >= 0.6 is 0 Å². The first-order valence-corrected chi connectivity index (χ1v) is 9.29. The largest absolute Gasteiger partial charge is 0.341 e. The van der Waals surface area contributed by atoms with Gasteiger partial charge in [-0.3, -0.25) is 14.4 Å². The van der Waals surface area contributed by atoms with Crippen LogP contribution in [0.25, 0.3) is 17.6 Å². The zero-order chi connectivity index (χ0) is 21.1. The summed E-state index contributed by atoms with van der Waals surface area (Å²) in [5.41, 5.74) is 3.14. The molecule has 0 unspecified atom stereocenters. The molecule has 0 bridgehead atoms. The van der Waals surface area contributed by atoms with E-state index < -0.39 is 17.7 Å². The van der Waals surface area contributed by atoms with Crippen LogP contribution in [0.1, 0.15) is 17.5 Å². The van der Waals surface area contributed by atoms with Crippen molar-refractivity contribution in [2.45, 2.75) is 20.3 Å². The summed E-state index contributed by atoms with van der Waals surface area (Å²) in [5, 5.41) is 6.85. The molecule has 0 spiro atoms. The van der Waals surface area contributed by atoms with E-state index in [-0.39, 0.29) is 0 Å². The zero-order valence-corrected chi connectivity index (χ0v) is 17.0. The highest BCUT2D eigenvalue weighted by Crippen LogP contribution is 2.18. The summed E-state index contributed by atoms with van der Waals surface area (Å²) in [6.45, 7) is 4.73. The smallest absolute Gasteiger partial charge is 0.330 e. The topological polar surface area (TPSA) is 91.6 Å². The van der Waals surface area contributed by atoms with Crippen molar-refractivity contribution >= 4 is 23.9 Å². The molecule has 0 aliphatic carbocycles. The van der Waals surface area contributed by atoms with Gasteiger partial charge in [0.15, 0.2) is 5.82 Å². The van der Waals surface area contributed by atoms with Crippen LogP contribution in [0.3, 0.4) is 0 Å². The third-order valence-electron chi connectivity index (χ3n) is 4.47. The minimum Gasteiger partial charge on any atom is -0.341 e. The van der Waals surface area contributed by atoms with Crippen molar-refractivity contribution in [2.24, 2.45) is 0 Å². The number of aromatic nitrogens is 3. The van der Waals surface area contributed by atoms with E-state index in [4.69, 9.17) is 0 Å². The monoisotopic (exact) mass is 396 g/mol. The van der Waals surface area contributed by atoms with Gasteiger partial charge in [-0.2, -0.15) is 0 Å². The van der Waals surface area contributed by atoms with Gasteiger partial charge in [0.25, 0.3) is 5.91 Å². The minimum atomic E-state index is -0.716. The van der Waals surface area contributed by atoms with Crippen LogP contribution < -0.4 is 0 Å². The molecule has 1 saturated heterocycles. The normalized spacial score (nSPS) is 13.9. The molecule has 0 N–H and O–H groups in total. The Morgan fingerprint density at radius 1 is 1.03 bits per heavy atom. The summed E-state index contributed by atoms with van der Waals surface area (Å²) in [5.74, 6) is -1.22. The van der Waals surface area contributed by atoms with Gasteiger partial charge < -0.3 is 4.90 Å². The van der Waals surface area contributed by atoms with Gasteiger partial charge in [0.1, 0.15) is 6.33 Å². The van der Waals surface area contributed by atoms with Gasteiger partial charge in [0, 0.05) is 45.0 Å². The molecule has 1 aliphatic heterocycles. The fourth-order valence-electron chi connectivity index (χ4n) is 3.16. The molecule has 1 fully saturated rings. The lowest BCUT2D eigenvalue weighted by molar-refractivity contribution is -0.162. The number of amides is 3. The summed E-state index contributed by atoms with van der Waals surface area (Å²) in [7, 11) is 3.00. The number of hydrogen-bond acceptors (Lipinski definition) is 5. The van der Waals surface area contributed by atoms with E-state index in [2.05, 4.69) is 16.1 Å². The first-order valence-electron chi connectivity index (χ1n) is 9.29. The molecule has 1 aromatic heterocycles. The van der Waals surface area contributed by atoms with Gasteiger partial charge in [-0.1, -0.05) is 17.2 Å². The Kier molecular flexibility index (Phi) is 5.76. The number of nitrogens with zero attached hydrogens (tertiary/aromatic N) is 6. The van der Waals surface area contributed by atoms with Crippen molar-refractivity contribution < 1.29 is 14.4 Å². The molecule has 0 atom stereocenters. The molecule has 3 amide bonds. The number of carbonyl (C=O) groups is 3. The Labute approximate surface area is 169 Å². The van der Waals surface area contributed by atoms with Crippen LogP contribution in [-0.2, 0) is 14.4 Å². The maximum atomic E-state index is 12.6. The Balaban J connectivity index is 1.71.